The highest BCUT2D eigenvalue weighted by Crippen LogP contribution is 2.10. The quantitative estimate of drug-likeness (QED) is 0.831. The van der Waals surface area contributed by atoms with Gasteiger partial charge in [0.15, 0.2) is 0 Å². The summed E-state index contributed by atoms with van der Waals surface area (Å²) in [5, 5.41) is 3.22. The summed E-state index contributed by atoms with van der Waals surface area (Å²) >= 11 is 0. The van der Waals surface area contributed by atoms with Crippen molar-refractivity contribution in [1.82, 2.24) is 9.97 Å². The van der Waals surface area contributed by atoms with Crippen LogP contribution < -0.4 is 5.32 Å². The highest BCUT2D eigenvalue weighted by molar-refractivity contribution is 5.40. The molecule has 0 spiro atoms. The summed E-state index contributed by atoms with van der Waals surface area (Å²) in [5.74, 6) is 0.830. The molecule has 0 aliphatic rings. The van der Waals surface area contributed by atoms with Crippen molar-refractivity contribution >= 4 is 5.82 Å². The van der Waals surface area contributed by atoms with E-state index in [1.54, 1.807) is 18.7 Å². The molecule has 0 fully saturated rings. The Morgan fingerprint density at radius 2 is 2.27 bits per heavy atom. The van der Waals surface area contributed by atoms with Gasteiger partial charge in [0.1, 0.15) is 5.82 Å². The van der Waals surface area contributed by atoms with E-state index in [9.17, 15) is 0 Å². The highest BCUT2D eigenvalue weighted by Gasteiger charge is 2.01. The van der Waals surface area contributed by atoms with E-state index in [-0.39, 0.29) is 0 Å². The minimum absolute atomic E-state index is 0.704. The minimum Gasteiger partial charge on any atom is -0.472 e. The molecule has 2 aromatic rings. The SMILES string of the molecule is Cc1cnc(C)c(NCc2ccoc2)n1. The van der Waals surface area contributed by atoms with Gasteiger partial charge in [0.25, 0.3) is 0 Å². The van der Waals surface area contributed by atoms with E-state index in [0.29, 0.717) is 6.54 Å². The van der Waals surface area contributed by atoms with Crippen molar-refractivity contribution in [2.75, 3.05) is 5.32 Å². The maximum Gasteiger partial charge on any atom is 0.148 e. The van der Waals surface area contributed by atoms with Gasteiger partial charge in [0.2, 0.25) is 0 Å². The second-order valence-electron chi connectivity index (χ2n) is 3.43. The van der Waals surface area contributed by atoms with Gasteiger partial charge in [-0.2, -0.15) is 0 Å². The first kappa shape index (κ1) is 9.71. The maximum atomic E-state index is 4.98. The first-order chi connectivity index (χ1) is 7.25. The zero-order chi connectivity index (χ0) is 10.7. The number of nitrogens with one attached hydrogen (secondary N) is 1. The van der Waals surface area contributed by atoms with Gasteiger partial charge in [0, 0.05) is 18.3 Å². The van der Waals surface area contributed by atoms with Crippen LogP contribution in [0.4, 0.5) is 5.82 Å². The molecule has 0 saturated heterocycles. The summed E-state index contributed by atoms with van der Waals surface area (Å²) < 4.78 is 4.98. The van der Waals surface area contributed by atoms with Gasteiger partial charge in [-0.3, -0.25) is 4.98 Å². The number of aryl methyl sites for hydroxylation is 2. The van der Waals surface area contributed by atoms with Gasteiger partial charge >= 0.3 is 0 Å². The summed E-state index contributed by atoms with van der Waals surface area (Å²) in [5.41, 5.74) is 2.91. The predicted octanol–water partition coefficient (Wildman–Crippen LogP) is 2.30. The Balaban J connectivity index is 2.07. The molecular formula is C11H13N3O. The monoisotopic (exact) mass is 203 g/mol. The van der Waals surface area contributed by atoms with E-state index < -0.39 is 0 Å². The van der Waals surface area contributed by atoms with Crippen LogP contribution in [-0.4, -0.2) is 9.97 Å². The largest absolute Gasteiger partial charge is 0.472 e. The van der Waals surface area contributed by atoms with E-state index in [0.717, 1.165) is 22.8 Å². The topological polar surface area (TPSA) is 51.0 Å². The van der Waals surface area contributed by atoms with Crippen molar-refractivity contribution in [2.24, 2.45) is 0 Å². The number of aromatic nitrogens is 2. The Morgan fingerprint density at radius 3 is 3.00 bits per heavy atom. The van der Waals surface area contributed by atoms with Gasteiger partial charge in [-0.25, -0.2) is 4.98 Å². The lowest BCUT2D eigenvalue weighted by Crippen LogP contribution is -2.04. The molecular weight excluding hydrogens is 190 g/mol. The lowest BCUT2D eigenvalue weighted by atomic mass is 10.3. The van der Waals surface area contributed by atoms with Gasteiger partial charge in [-0.15, -0.1) is 0 Å². The molecule has 15 heavy (non-hydrogen) atoms. The molecule has 2 aromatic heterocycles. The van der Waals surface area contributed by atoms with E-state index in [1.165, 1.54) is 0 Å². The zero-order valence-corrected chi connectivity index (χ0v) is 8.82. The normalized spacial score (nSPS) is 10.3. The zero-order valence-electron chi connectivity index (χ0n) is 8.82. The number of furan rings is 1. The second kappa shape index (κ2) is 4.13. The summed E-state index contributed by atoms with van der Waals surface area (Å²) in [6.45, 7) is 4.56. The minimum atomic E-state index is 0.704. The smallest absolute Gasteiger partial charge is 0.148 e. The van der Waals surface area contributed by atoms with Crippen LogP contribution in [0.1, 0.15) is 17.0 Å². The molecule has 0 bridgehead atoms. The number of anilines is 1. The summed E-state index contributed by atoms with van der Waals surface area (Å²) in [6.07, 6.45) is 5.13. The predicted molar refractivity (Wildman–Crippen MR) is 57.5 cm³/mol. The maximum absolute atomic E-state index is 4.98. The van der Waals surface area contributed by atoms with Crippen molar-refractivity contribution < 1.29 is 4.42 Å². The van der Waals surface area contributed by atoms with Crippen molar-refractivity contribution in [3.8, 4) is 0 Å². The number of rotatable bonds is 3. The number of hydrogen-bond donors (Lipinski definition) is 1. The molecule has 0 unspecified atom stereocenters. The first-order valence-electron chi connectivity index (χ1n) is 4.81. The van der Waals surface area contributed by atoms with Gasteiger partial charge < -0.3 is 9.73 Å². The Bertz CT molecular complexity index is 437. The molecule has 0 radical (unpaired) electrons. The van der Waals surface area contributed by atoms with Crippen LogP contribution in [-0.2, 0) is 6.54 Å². The summed E-state index contributed by atoms with van der Waals surface area (Å²) in [7, 11) is 0. The van der Waals surface area contributed by atoms with Gasteiger partial charge in [-0.1, -0.05) is 0 Å². The van der Waals surface area contributed by atoms with Crippen LogP contribution in [0.25, 0.3) is 0 Å². The molecule has 4 nitrogen and oxygen atoms in total. The lowest BCUT2D eigenvalue weighted by Gasteiger charge is -2.06. The molecule has 78 valence electrons. The third kappa shape index (κ3) is 2.34. The van der Waals surface area contributed by atoms with E-state index >= 15 is 0 Å². The molecule has 0 atom stereocenters. The molecule has 1 N–H and O–H groups in total. The highest BCUT2D eigenvalue weighted by atomic mass is 16.3. The van der Waals surface area contributed by atoms with Gasteiger partial charge in [0.05, 0.1) is 23.9 Å². The molecule has 2 heterocycles. The Kier molecular flexibility index (Phi) is 2.67. The van der Waals surface area contributed by atoms with Crippen molar-refractivity contribution in [2.45, 2.75) is 20.4 Å². The Hall–Kier alpha value is -1.84. The van der Waals surface area contributed by atoms with Crippen LogP contribution in [0.3, 0.4) is 0 Å². The van der Waals surface area contributed by atoms with Crippen LogP contribution in [0, 0.1) is 13.8 Å². The average Bonchev–Trinajstić information content (AvgIpc) is 2.72. The third-order valence-corrected chi connectivity index (χ3v) is 2.12. The van der Waals surface area contributed by atoms with Gasteiger partial charge in [-0.05, 0) is 19.9 Å². The number of hydrogen-bond acceptors (Lipinski definition) is 4. The number of nitrogens with zero attached hydrogens (tertiary/aromatic N) is 2. The van der Waals surface area contributed by atoms with Crippen molar-refractivity contribution in [3.05, 3.63) is 41.7 Å². The van der Waals surface area contributed by atoms with E-state index in [2.05, 4.69) is 15.3 Å². The second-order valence-corrected chi connectivity index (χ2v) is 3.43. The van der Waals surface area contributed by atoms with Crippen LogP contribution in [0.5, 0.6) is 0 Å². The fraction of sp³-hybridized carbons (Fsp3) is 0.273. The summed E-state index contributed by atoms with van der Waals surface area (Å²) in [6, 6.07) is 1.92. The fourth-order valence-electron chi connectivity index (χ4n) is 1.28. The molecule has 0 aliphatic carbocycles. The summed E-state index contributed by atoms with van der Waals surface area (Å²) in [4.78, 5) is 8.60. The molecule has 0 amide bonds. The molecule has 0 aliphatic heterocycles. The molecule has 2 rings (SSSR count). The first-order valence-corrected chi connectivity index (χ1v) is 4.81. The van der Waals surface area contributed by atoms with Crippen molar-refractivity contribution in [1.29, 1.82) is 0 Å². The van der Waals surface area contributed by atoms with E-state index in [4.69, 9.17) is 4.42 Å². The Labute approximate surface area is 88.4 Å². The fourth-order valence-corrected chi connectivity index (χ4v) is 1.28. The standard InChI is InChI=1S/C11H13N3O/c1-8-5-12-9(2)11(14-8)13-6-10-3-4-15-7-10/h3-5,7H,6H2,1-2H3,(H,13,14). The molecule has 4 heteroatoms. The van der Waals surface area contributed by atoms with Crippen LogP contribution in [0.2, 0.25) is 0 Å². The van der Waals surface area contributed by atoms with Crippen LogP contribution >= 0.6 is 0 Å². The Morgan fingerprint density at radius 1 is 1.40 bits per heavy atom. The van der Waals surface area contributed by atoms with Crippen molar-refractivity contribution in [3.63, 3.8) is 0 Å². The molecule has 0 aromatic carbocycles. The molecule has 0 saturated carbocycles. The van der Waals surface area contributed by atoms with Crippen LogP contribution in [0.15, 0.2) is 29.2 Å². The third-order valence-electron chi connectivity index (χ3n) is 2.12. The average molecular weight is 203 g/mol. The van der Waals surface area contributed by atoms with E-state index in [1.807, 2.05) is 19.9 Å². The lowest BCUT2D eigenvalue weighted by molar-refractivity contribution is 0.564.